The van der Waals surface area contributed by atoms with Gasteiger partial charge >= 0.3 is 0 Å². The predicted octanol–water partition coefficient (Wildman–Crippen LogP) is 3.67. The third kappa shape index (κ3) is 4.20. The fourth-order valence-electron chi connectivity index (χ4n) is 2.75. The van der Waals surface area contributed by atoms with Gasteiger partial charge in [-0.3, -0.25) is 0 Å². The second-order valence-corrected chi connectivity index (χ2v) is 6.07. The predicted molar refractivity (Wildman–Crippen MR) is 79.1 cm³/mol. The van der Waals surface area contributed by atoms with Gasteiger partial charge in [0.15, 0.2) is 0 Å². The van der Waals surface area contributed by atoms with Crippen molar-refractivity contribution in [3.8, 4) is 0 Å². The van der Waals surface area contributed by atoms with Gasteiger partial charge in [-0.15, -0.1) is 0 Å². The number of piperidine rings is 1. The highest BCUT2D eigenvalue weighted by Gasteiger charge is 2.19. The lowest BCUT2D eigenvalue weighted by atomic mass is 10.0. The number of aryl methyl sites for hydroxylation is 1. The number of benzene rings is 1. The van der Waals surface area contributed by atoms with Gasteiger partial charge < -0.3 is 10.2 Å². The first kappa shape index (κ1) is 14.3. The molecule has 1 aromatic carbocycles. The molecule has 1 aliphatic rings. The Kier molecular flexibility index (Phi) is 4.81. The first-order chi connectivity index (χ1) is 9.04. The van der Waals surface area contributed by atoms with Crippen LogP contribution in [-0.4, -0.2) is 30.6 Å². The zero-order valence-corrected chi connectivity index (χ0v) is 12.2. The van der Waals surface area contributed by atoms with Crippen LogP contribution in [0.3, 0.4) is 0 Å². The van der Waals surface area contributed by atoms with Crippen LogP contribution in [-0.2, 0) is 0 Å². The van der Waals surface area contributed by atoms with Crippen LogP contribution in [0.25, 0.3) is 0 Å². The molecule has 1 fully saturated rings. The fourth-order valence-corrected chi connectivity index (χ4v) is 2.75. The topological polar surface area (TPSA) is 15.3 Å². The molecule has 0 atom stereocenters. The van der Waals surface area contributed by atoms with Gasteiger partial charge in [0.25, 0.3) is 0 Å². The quantitative estimate of drug-likeness (QED) is 0.892. The normalized spacial score (nSPS) is 17.9. The molecule has 2 nitrogen and oxygen atoms in total. The van der Waals surface area contributed by atoms with Gasteiger partial charge in [0.1, 0.15) is 5.82 Å². The molecule has 1 saturated heterocycles. The van der Waals surface area contributed by atoms with Crippen LogP contribution in [0, 0.1) is 18.7 Å². The number of nitrogens with zero attached hydrogens (tertiary/aromatic N) is 1. The van der Waals surface area contributed by atoms with Crippen LogP contribution in [0.5, 0.6) is 0 Å². The maximum atomic E-state index is 13.3. The molecule has 0 radical (unpaired) electrons. The number of hydrogen-bond acceptors (Lipinski definition) is 2. The smallest absolute Gasteiger partial charge is 0.125 e. The summed E-state index contributed by atoms with van der Waals surface area (Å²) in [6.45, 7) is 10.0. The molecular formula is C16H25FN2. The molecule has 0 aromatic heterocycles. The SMILES string of the molecule is Cc1ccc(F)cc1NC1CCN(CC(C)C)CC1. The highest BCUT2D eigenvalue weighted by Crippen LogP contribution is 2.21. The number of likely N-dealkylation sites (tertiary alicyclic amines) is 1. The molecule has 0 bridgehead atoms. The third-order valence-corrected chi connectivity index (χ3v) is 3.77. The van der Waals surface area contributed by atoms with Gasteiger partial charge in [-0.1, -0.05) is 19.9 Å². The van der Waals surface area contributed by atoms with Crippen LogP contribution < -0.4 is 5.32 Å². The summed E-state index contributed by atoms with van der Waals surface area (Å²) in [6, 6.07) is 5.44. The Hall–Kier alpha value is -1.09. The molecule has 3 heteroatoms. The number of nitrogens with one attached hydrogen (secondary N) is 1. The zero-order valence-electron chi connectivity index (χ0n) is 12.2. The molecule has 2 rings (SSSR count). The van der Waals surface area contributed by atoms with Crippen molar-refractivity contribution in [2.24, 2.45) is 5.92 Å². The van der Waals surface area contributed by atoms with E-state index in [2.05, 4.69) is 24.1 Å². The average molecular weight is 264 g/mol. The summed E-state index contributed by atoms with van der Waals surface area (Å²) >= 11 is 0. The van der Waals surface area contributed by atoms with E-state index >= 15 is 0 Å². The molecule has 1 N–H and O–H groups in total. The van der Waals surface area contributed by atoms with Crippen LogP contribution >= 0.6 is 0 Å². The van der Waals surface area contributed by atoms with E-state index in [9.17, 15) is 4.39 Å². The molecule has 19 heavy (non-hydrogen) atoms. The lowest BCUT2D eigenvalue weighted by molar-refractivity contribution is 0.198. The molecule has 1 aliphatic heterocycles. The molecule has 0 aliphatic carbocycles. The second-order valence-electron chi connectivity index (χ2n) is 6.07. The summed E-state index contributed by atoms with van der Waals surface area (Å²) < 4.78 is 13.3. The van der Waals surface area contributed by atoms with Gasteiger partial charge in [0.05, 0.1) is 0 Å². The summed E-state index contributed by atoms with van der Waals surface area (Å²) in [7, 11) is 0. The number of halogens is 1. The summed E-state index contributed by atoms with van der Waals surface area (Å²) in [5.41, 5.74) is 2.06. The average Bonchev–Trinajstić information content (AvgIpc) is 2.35. The molecule has 0 spiro atoms. The van der Waals surface area contributed by atoms with E-state index in [0.29, 0.717) is 6.04 Å². The van der Waals surface area contributed by atoms with Gasteiger partial charge in [-0.2, -0.15) is 0 Å². The summed E-state index contributed by atoms with van der Waals surface area (Å²) in [6.07, 6.45) is 2.28. The first-order valence-corrected chi connectivity index (χ1v) is 7.29. The molecule has 0 saturated carbocycles. The fraction of sp³-hybridized carbons (Fsp3) is 0.625. The number of hydrogen-bond donors (Lipinski definition) is 1. The highest BCUT2D eigenvalue weighted by molar-refractivity contribution is 5.51. The minimum absolute atomic E-state index is 0.162. The van der Waals surface area contributed by atoms with Gasteiger partial charge in [0, 0.05) is 31.4 Å². The molecular weight excluding hydrogens is 239 g/mol. The summed E-state index contributed by atoms with van der Waals surface area (Å²) in [5.74, 6) is 0.570. The summed E-state index contributed by atoms with van der Waals surface area (Å²) in [4.78, 5) is 2.53. The van der Waals surface area contributed by atoms with Crippen molar-refractivity contribution in [3.05, 3.63) is 29.6 Å². The van der Waals surface area contributed by atoms with E-state index in [-0.39, 0.29) is 5.82 Å². The van der Waals surface area contributed by atoms with Gasteiger partial charge in [-0.05, 0) is 43.4 Å². The van der Waals surface area contributed by atoms with Crippen molar-refractivity contribution in [2.45, 2.75) is 39.7 Å². The van der Waals surface area contributed by atoms with Crippen LogP contribution in [0.1, 0.15) is 32.3 Å². The van der Waals surface area contributed by atoms with Crippen molar-refractivity contribution in [1.29, 1.82) is 0 Å². The van der Waals surface area contributed by atoms with E-state index in [0.717, 1.165) is 43.1 Å². The number of rotatable bonds is 4. The largest absolute Gasteiger partial charge is 0.382 e. The van der Waals surface area contributed by atoms with Crippen molar-refractivity contribution in [3.63, 3.8) is 0 Å². The molecule has 0 unspecified atom stereocenters. The minimum atomic E-state index is -0.162. The Morgan fingerprint density at radius 2 is 2.00 bits per heavy atom. The molecule has 1 aromatic rings. The van der Waals surface area contributed by atoms with E-state index in [1.54, 1.807) is 6.07 Å². The maximum absolute atomic E-state index is 13.3. The monoisotopic (exact) mass is 264 g/mol. The Morgan fingerprint density at radius 1 is 1.32 bits per heavy atom. The van der Waals surface area contributed by atoms with Crippen LogP contribution in [0.15, 0.2) is 18.2 Å². The Labute approximate surface area is 116 Å². The van der Waals surface area contributed by atoms with Gasteiger partial charge in [-0.25, -0.2) is 4.39 Å². The van der Waals surface area contributed by atoms with Crippen molar-refractivity contribution < 1.29 is 4.39 Å². The molecule has 106 valence electrons. The lowest BCUT2D eigenvalue weighted by Gasteiger charge is -2.34. The van der Waals surface area contributed by atoms with E-state index < -0.39 is 0 Å². The Bertz CT molecular complexity index is 409. The minimum Gasteiger partial charge on any atom is -0.382 e. The van der Waals surface area contributed by atoms with Crippen molar-refractivity contribution in [1.82, 2.24) is 4.90 Å². The Balaban J connectivity index is 1.87. The maximum Gasteiger partial charge on any atom is 0.125 e. The van der Waals surface area contributed by atoms with Crippen LogP contribution in [0.4, 0.5) is 10.1 Å². The molecule has 0 amide bonds. The van der Waals surface area contributed by atoms with E-state index in [4.69, 9.17) is 0 Å². The number of anilines is 1. The lowest BCUT2D eigenvalue weighted by Crippen LogP contribution is -2.40. The first-order valence-electron chi connectivity index (χ1n) is 7.29. The second kappa shape index (κ2) is 6.38. The molecule has 1 heterocycles. The third-order valence-electron chi connectivity index (χ3n) is 3.77. The van der Waals surface area contributed by atoms with E-state index in [1.165, 1.54) is 12.6 Å². The standard InChI is InChI=1S/C16H25FN2/c1-12(2)11-19-8-6-15(7-9-19)18-16-10-14(17)5-4-13(16)3/h4-5,10,12,15,18H,6-9,11H2,1-3H3. The zero-order chi connectivity index (χ0) is 13.8. The highest BCUT2D eigenvalue weighted by atomic mass is 19.1. The summed E-state index contributed by atoms with van der Waals surface area (Å²) in [5, 5.41) is 3.50. The van der Waals surface area contributed by atoms with Crippen molar-refractivity contribution in [2.75, 3.05) is 25.0 Å². The Morgan fingerprint density at radius 3 is 2.63 bits per heavy atom. The van der Waals surface area contributed by atoms with E-state index in [1.807, 2.05) is 13.0 Å². The van der Waals surface area contributed by atoms with Crippen LogP contribution in [0.2, 0.25) is 0 Å². The van der Waals surface area contributed by atoms with Gasteiger partial charge in [0.2, 0.25) is 0 Å². The van der Waals surface area contributed by atoms with Crippen molar-refractivity contribution >= 4 is 5.69 Å².